The van der Waals surface area contributed by atoms with Crippen LogP contribution in [-0.2, 0) is 0 Å². The van der Waals surface area contributed by atoms with Gasteiger partial charge in [0.15, 0.2) is 0 Å². The highest BCUT2D eigenvalue weighted by molar-refractivity contribution is 5.16. The maximum Gasteiger partial charge on any atom is 0.0872 e. The first kappa shape index (κ1) is 9.83. The molecule has 1 heteroatoms. The largest absolute Gasteiger partial charge is 0.355 e. The molecular formula is C16H26N+. The molecule has 1 unspecified atom stereocenters. The normalized spacial score (nSPS) is 67.8. The van der Waals surface area contributed by atoms with Crippen molar-refractivity contribution in [3.63, 3.8) is 0 Å². The fourth-order valence-corrected chi connectivity index (χ4v) is 7.57. The Bertz CT molecular complexity index is 311. The van der Waals surface area contributed by atoms with Crippen molar-refractivity contribution in [1.82, 2.24) is 0 Å². The molecule has 0 amide bonds. The van der Waals surface area contributed by atoms with Crippen LogP contribution < -0.4 is 5.73 Å². The van der Waals surface area contributed by atoms with Crippen molar-refractivity contribution in [2.75, 3.05) is 0 Å². The molecule has 0 aromatic rings. The van der Waals surface area contributed by atoms with Gasteiger partial charge in [-0.25, -0.2) is 0 Å². The quantitative estimate of drug-likeness (QED) is 0.718. The Morgan fingerprint density at radius 2 is 1.24 bits per heavy atom. The fraction of sp³-hybridized carbons (Fsp3) is 1.00. The molecule has 1 atom stereocenters. The van der Waals surface area contributed by atoms with Crippen LogP contribution in [-0.4, -0.2) is 6.04 Å². The highest BCUT2D eigenvalue weighted by Crippen LogP contribution is 2.74. The molecule has 7 rings (SSSR count). The Morgan fingerprint density at radius 1 is 0.824 bits per heavy atom. The summed E-state index contributed by atoms with van der Waals surface area (Å²) >= 11 is 0. The van der Waals surface area contributed by atoms with E-state index in [0.29, 0.717) is 11.5 Å². The van der Waals surface area contributed by atoms with E-state index < -0.39 is 0 Å². The van der Waals surface area contributed by atoms with Crippen LogP contribution in [0, 0.1) is 46.8 Å². The van der Waals surface area contributed by atoms with Gasteiger partial charge in [0.2, 0.25) is 0 Å². The summed E-state index contributed by atoms with van der Waals surface area (Å²) in [6, 6.07) is 0.701. The van der Waals surface area contributed by atoms with Gasteiger partial charge in [0.05, 0.1) is 6.04 Å². The molecule has 0 aliphatic heterocycles. The third kappa shape index (κ3) is 0.959. The van der Waals surface area contributed by atoms with Gasteiger partial charge in [-0.15, -0.1) is 0 Å². The molecule has 1 nitrogen and oxygen atoms in total. The molecule has 17 heavy (non-hydrogen) atoms. The zero-order valence-electron chi connectivity index (χ0n) is 11.1. The maximum absolute atomic E-state index is 4.46. The zero-order chi connectivity index (χ0) is 11.4. The molecule has 0 aromatic carbocycles. The summed E-state index contributed by atoms with van der Waals surface area (Å²) in [6.45, 7) is 2.41. The van der Waals surface area contributed by atoms with Crippen molar-refractivity contribution in [3.05, 3.63) is 0 Å². The van der Waals surface area contributed by atoms with Crippen LogP contribution in [0.1, 0.15) is 45.4 Å². The van der Waals surface area contributed by atoms with E-state index in [2.05, 4.69) is 12.7 Å². The minimum absolute atomic E-state index is 0.688. The number of quaternary nitrogens is 1. The van der Waals surface area contributed by atoms with E-state index in [9.17, 15) is 0 Å². The molecule has 0 aromatic heterocycles. The fourth-order valence-electron chi connectivity index (χ4n) is 7.57. The molecule has 7 fully saturated rings. The van der Waals surface area contributed by atoms with Gasteiger partial charge in [-0.1, -0.05) is 0 Å². The Kier molecular flexibility index (Phi) is 1.60. The van der Waals surface area contributed by atoms with Crippen LogP contribution in [0.15, 0.2) is 0 Å². The minimum Gasteiger partial charge on any atom is -0.355 e. The van der Waals surface area contributed by atoms with Crippen LogP contribution in [0.25, 0.3) is 0 Å². The molecule has 0 spiro atoms. The van der Waals surface area contributed by atoms with Gasteiger partial charge in [0, 0.05) is 5.41 Å². The van der Waals surface area contributed by atoms with Gasteiger partial charge in [-0.3, -0.25) is 0 Å². The van der Waals surface area contributed by atoms with E-state index in [4.69, 9.17) is 0 Å². The summed E-state index contributed by atoms with van der Waals surface area (Å²) in [5.41, 5.74) is 5.15. The Morgan fingerprint density at radius 3 is 1.59 bits per heavy atom. The second-order valence-electron chi connectivity index (χ2n) is 8.43. The lowest BCUT2D eigenvalue weighted by Crippen LogP contribution is -2.74. The summed E-state index contributed by atoms with van der Waals surface area (Å²) < 4.78 is 0. The first-order valence-electron chi connectivity index (χ1n) is 8.01. The first-order valence-corrected chi connectivity index (χ1v) is 8.01. The SMILES string of the molecule is CC([NH3+])C12CC3C4CC5CC3C(C1)C(C5)C4C2. The van der Waals surface area contributed by atoms with Gasteiger partial charge < -0.3 is 5.73 Å². The third-order valence-corrected chi connectivity index (χ3v) is 8.09. The molecule has 0 heterocycles. The van der Waals surface area contributed by atoms with Crippen molar-refractivity contribution in [3.8, 4) is 0 Å². The molecule has 0 radical (unpaired) electrons. The van der Waals surface area contributed by atoms with Crippen molar-refractivity contribution < 1.29 is 5.73 Å². The van der Waals surface area contributed by atoms with Crippen LogP contribution in [0.5, 0.6) is 0 Å². The zero-order valence-corrected chi connectivity index (χ0v) is 11.1. The molecular weight excluding hydrogens is 206 g/mol. The van der Waals surface area contributed by atoms with Crippen LogP contribution >= 0.6 is 0 Å². The number of hydrogen-bond donors (Lipinski definition) is 1. The Labute approximate surface area is 105 Å². The van der Waals surface area contributed by atoms with E-state index >= 15 is 0 Å². The monoisotopic (exact) mass is 232 g/mol. The number of hydrogen-bond acceptors (Lipinski definition) is 0. The second-order valence-corrected chi connectivity index (χ2v) is 8.43. The van der Waals surface area contributed by atoms with E-state index in [1.807, 2.05) is 0 Å². The smallest absolute Gasteiger partial charge is 0.0872 e. The third-order valence-electron chi connectivity index (χ3n) is 8.09. The minimum atomic E-state index is 0.688. The molecule has 3 N–H and O–H groups in total. The lowest BCUT2D eigenvalue weighted by molar-refractivity contribution is -0.458. The van der Waals surface area contributed by atoms with Crippen molar-refractivity contribution in [2.45, 2.75) is 51.5 Å². The predicted octanol–water partition coefficient (Wildman–Crippen LogP) is 2.33. The summed E-state index contributed by atoms with van der Waals surface area (Å²) in [5, 5.41) is 0. The standard InChI is InChI=1S/C16H25N/c1-8(17)16-5-13-10-2-9-3-11(13)15(7-16)12(4-9)14(10)6-16/h8-15H,2-7,17H2,1H3/p+1. The first-order chi connectivity index (χ1) is 8.18. The highest BCUT2D eigenvalue weighted by atomic mass is 14.8. The van der Waals surface area contributed by atoms with Gasteiger partial charge in [0.25, 0.3) is 0 Å². The summed E-state index contributed by atoms with van der Waals surface area (Å²) in [6.07, 6.45) is 9.57. The lowest BCUT2D eigenvalue weighted by Gasteiger charge is -2.72. The van der Waals surface area contributed by atoms with E-state index in [-0.39, 0.29) is 0 Å². The molecule has 7 saturated carbocycles. The number of rotatable bonds is 1. The van der Waals surface area contributed by atoms with Crippen molar-refractivity contribution in [2.24, 2.45) is 46.8 Å². The Balaban J connectivity index is 1.63. The average Bonchev–Trinajstić information content (AvgIpc) is 2.34. The summed E-state index contributed by atoms with van der Waals surface area (Å²) in [7, 11) is 0. The van der Waals surface area contributed by atoms with Gasteiger partial charge in [-0.2, -0.15) is 0 Å². The topological polar surface area (TPSA) is 27.6 Å². The molecule has 8 bridgehead atoms. The van der Waals surface area contributed by atoms with Crippen LogP contribution in [0.4, 0.5) is 0 Å². The molecule has 7 aliphatic carbocycles. The van der Waals surface area contributed by atoms with Gasteiger partial charge in [0.1, 0.15) is 0 Å². The van der Waals surface area contributed by atoms with Gasteiger partial charge in [-0.05, 0) is 86.9 Å². The second kappa shape index (κ2) is 2.76. The average molecular weight is 232 g/mol. The van der Waals surface area contributed by atoms with E-state index in [1.165, 1.54) is 17.8 Å². The predicted molar refractivity (Wildman–Crippen MR) is 66.9 cm³/mol. The van der Waals surface area contributed by atoms with Crippen molar-refractivity contribution in [1.29, 1.82) is 0 Å². The van der Waals surface area contributed by atoms with Crippen LogP contribution in [0.3, 0.4) is 0 Å². The molecule has 94 valence electrons. The van der Waals surface area contributed by atoms with Crippen LogP contribution in [0.2, 0.25) is 0 Å². The van der Waals surface area contributed by atoms with Gasteiger partial charge >= 0.3 is 0 Å². The summed E-state index contributed by atoms with van der Waals surface area (Å²) in [5.74, 6) is 8.09. The maximum atomic E-state index is 4.46. The Hall–Kier alpha value is -0.0400. The molecule has 7 aliphatic rings. The van der Waals surface area contributed by atoms with E-state index in [0.717, 1.165) is 23.7 Å². The van der Waals surface area contributed by atoms with Crippen molar-refractivity contribution >= 4 is 0 Å². The lowest BCUT2D eigenvalue weighted by atomic mass is 9.32. The summed E-state index contributed by atoms with van der Waals surface area (Å²) in [4.78, 5) is 0. The highest BCUT2D eigenvalue weighted by Gasteiger charge is 2.68. The van der Waals surface area contributed by atoms with E-state index in [1.54, 1.807) is 38.5 Å². The molecule has 0 saturated heterocycles.